The van der Waals surface area contributed by atoms with Crippen LogP contribution in [0.4, 0.5) is 11.4 Å². The number of hydrogen-bond donors (Lipinski definition) is 1. The van der Waals surface area contributed by atoms with E-state index in [-0.39, 0.29) is 11.4 Å². The summed E-state index contributed by atoms with van der Waals surface area (Å²) in [6, 6.07) is 12.9. The molecule has 0 aliphatic carbocycles. The quantitative estimate of drug-likeness (QED) is 0.568. The standard InChI is InChI=1S/C19H22N2O5/c1-13(2)12-25-16-10-8-15(9-11-16)20-19(22)14(3)26-18-7-5-4-6-17(18)21(23)24/h4-11,13-14H,12H2,1-3H3,(H,20,22)/t14-/m1/s1. The van der Waals surface area contributed by atoms with Crippen LogP contribution in [0, 0.1) is 16.0 Å². The highest BCUT2D eigenvalue weighted by Gasteiger charge is 2.20. The number of para-hydroxylation sites is 2. The lowest BCUT2D eigenvalue weighted by molar-refractivity contribution is -0.386. The highest BCUT2D eigenvalue weighted by Crippen LogP contribution is 2.27. The molecule has 26 heavy (non-hydrogen) atoms. The number of carbonyl (C=O) groups is 1. The van der Waals surface area contributed by atoms with Gasteiger partial charge in [0, 0.05) is 11.8 Å². The molecule has 0 saturated carbocycles. The molecule has 0 radical (unpaired) electrons. The van der Waals surface area contributed by atoms with Crippen LogP contribution in [0.15, 0.2) is 48.5 Å². The maximum Gasteiger partial charge on any atom is 0.310 e. The van der Waals surface area contributed by atoms with E-state index in [1.165, 1.54) is 19.1 Å². The van der Waals surface area contributed by atoms with Gasteiger partial charge >= 0.3 is 5.69 Å². The van der Waals surface area contributed by atoms with Crippen LogP contribution in [0.2, 0.25) is 0 Å². The molecule has 0 unspecified atom stereocenters. The van der Waals surface area contributed by atoms with Gasteiger partial charge in [-0.15, -0.1) is 0 Å². The lowest BCUT2D eigenvalue weighted by atomic mass is 10.2. The topological polar surface area (TPSA) is 90.7 Å². The number of nitrogens with zero attached hydrogens (tertiary/aromatic N) is 1. The van der Waals surface area contributed by atoms with Crippen molar-refractivity contribution in [3.05, 3.63) is 58.6 Å². The van der Waals surface area contributed by atoms with Crippen molar-refractivity contribution in [2.24, 2.45) is 5.92 Å². The molecule has 0 spiro atoms. The third-order valence-corrected chi connectivity index (χ3v) is 3.44. The van der Waals surface area contributed by atoms with E-state index in [2.05, 4.69) is 19.2 Å². The van der Waals surface area contributed by atoms with E-state index in [4.69, 9.17) is 9.47 Å². The van der Waals surface area contributed by atoms with Crippen molar-refractivity contribution in [1.82, 2.24) is 0 Å². The Morgan fingerprint density at radius 2 is 1.77 bits per heavy atom. The molecule has 1 N–H and O–H groups in total. The predicted molar refractivity (Wildman–Crippen MR) is 98.6 cm³/mol. The number of carbonyl (C=O) groups excluding carboxylic acids is 1. The minimum atomic E-state index is -0.895. The number of anilines is 1. The fourth-order valence-electron chi connectivity index (χ4n) is 2.09. The molecule has 0 aliphatic heterocycles. The Kier molecular flexibility index (Phi) is 6.54. The summed E-state index contributed by atoms with van der Waals surface area (Å²) in [7, 11) is 0. The monoisotopic (exact) mass is 358 g/mol. The molecular formula is C19H22N2O5. The van der Waals surface area contributed by atoms with Crippen molar-refractivity contribution < 1.29 is 19.2 Å². The van der Waals surface area contributed by atoms with Gasteiger partial charge in [-0.05, 0) is 43.2 Å². The highest BCUT2D eigenvalue weighted by atomic mass is 16.6. The van der Waals surface area contributed by atoms with Gasteiger partial charge < -0.3 is 14.8 Å². The molecule has 0 fully saturated rings. The summed E-state index contributed by atoms with van der Waals surface area (Å²) in [5.74, 6) is 0.798. The van der Waals surface area contributed by atoms with Gasteiger partial charge in [0.15, 0.2) is 11.9 Å². The molecule has 2 rings (SSSR count). The number of nitro benzene ring substituents is 1. The molecule has 2 aromatic rings. The number of amides is 1. The summed E-state index contributed by atoms with van der Waals surface area (Å²) in [6.45, 7) is 6.28. The lowest BCUT2D eigenvalue weighted by Gasteiger charge is -2.15. The lowest BCUT2D eigenvalue weighted by Crippen LogP contribution is -2.30. The summed E-state index contributed by atoms with van der Waals surface area (Å²) in [6.07, 6.45) is -0.895. The second-order valence-electron chi connectivity index (χ2n) is 6.20. The van der Waals surface area contributed by atoms with Crippen molar-refractivity contribution in [2.75, 3.05) is 11.9 Å². The first-order valence-electron chi connectivity index (χ1n) is 8.30. The van der Waals surface area contributed by atoms with Gasteiger partial charge in [-0.1, -0.05) is 26.0 Å². The number of nitro groups is 1. The number of nitrogens with one attached hydrogen (secondary N) is 1. The van der Waals surface area contributed by atoms with E-state index in [0.29, 0.717) is 18.2 Å². The fraction of sp³-hybridized carbons (Fsp3) is 0.316. The molecular weight excluding hydrogens is 336 g/mol. The molecule has 7 nitrogen and oxygen atoms in total. The predicted octanol–water partition coefficient (Wildman–Crippen LogP) is 4.04. The Morgan fingerprint density at radius 3 is 2.38 bits per heavy atom. The van der Waals surface area contributed by atoms with E-state index in [9.17, 15) is 14.9 Å². The Morgan fingerprint density at radius 1 is 1.12 bits per heavy atom. The first-order chi connectivity index (χ1) is 12.4. The summed E-state index contributed by atoms with van der Waals surface area (Å²) < 4.78 is 11.0. The maximum atomic E-state index is 12.3. The van der Waals surface area contributed by atoms with Crippen LogP contribution in [-0.4, -0.2) is 23.5 Å². The average Bonchev–Trinajstić information content (AvgIpc) is 2.61. The number of benzene rings is 2. The zero-order chi connectivity index (χ0) is 19.1. The molecule has 0 bridgehead atoms. The summed E-state index contributed by atoms with van der Waals surface area (Å²) >= 11 is 0. The van der Waals surface area contributed by atoms with E-state index in [1.807, 2.05) is 0 Å². The normalized spacial score (nSPS) is 11.7. The second-order valence-corrected chi connectivity index (χ2v) is 6.20. The highest BCUT2D eigenvalue weighted by molar-refractivity contribution is 5.94. The first kappa shape index (κ1) is 19.2. The van der Waals surface area contributed by atoms with Crippen molar-refractivity contribution in [3.8, 4) is 11.5 Å². The molecule has 1 atom stereocenters. The largest absolute Gasteiger partial charge is 0.493 e. The van der Waals surface area contributed by atoms with Crippen LogP contribution in [0.1, 0.15) is 20.8 Å². The Labute approximate surface area is 152 Å². The first-order valence-corrected chi connectivity index (χ1v) is 8.30. The van der Waals surface area contributed by atoms with Crippen LogP contribution >= 0.6 is 0 Å². The van der Waals surface area contributed by atoms with E-state index < -0.39 is 16.9 Å². The summed E-state index contributed by atoms with van der Waals surface area (Å²) in [5, 5.41) is 13.7. The molecule has 7 heteroatoms. The minimum Gasteiger partial charge on any atom is -0.493 e. The minimum absolute atomic E-state index is 0.0533. The third kappa shape index (κ3) is 5.47. The summed E-state index contributed by atoms with van der Waals surface area (Å²) in [5.41, 5.74) is 0.406. The van der Waals surface area contributed by atoms with Crippen LogP contribution in [0.25, 0.3) is 0 Å². The molecule has 1 amide bonds. The SMILES string of the molecule is CC(C)COc1ccc(NC(=O)[C@@H](C)Oc2ccccc2[N+](=O)[O-])cc1. The van der Waals surface area contributed by atoms with Gasteiger partial charge in [0.2, 0.25) is 0 Å². The van der Waals surface area contributed by atoms with E-state index in [0.717, 1.165) is 5.75 Å². The molecule has 0 aliphatic rings. The average molecular weight is 358 g/mol. The number of ether oxygens (including phenoxy) is 2. The van der Waals surface area contributed by atoms with Crippen LogP contribution in [0.5, 0.6) is 11.5 Å². The van der Waals surface area contributed by atoms with Crippen LogP contribution < -0.4 is 14.8 Å². The van der Waals surface area contributed by atoms with Gasteiger partial charge in [-0.2, -0.15) is 0 Å². The van der Waals surface area contributed by atoms with Gasteiger partial charge in [0.1, 0.15) is 5.75 Å². The molecule has 0 saturated heterocycles. The molecule has 0 aromatic heterocycles. The third-order valence-electron chi connectivity index (χ3n) is 3.44. The zero-order valence-corrected chi connectivity index (χ0v) is 15.0. The number of hydrogen-bond acceptors (Lipinski definition) is 5. The molecule has 138 valence electrons. The van der Waals surface area contributed by atoms with Gasteiger partial charge in [0.05, 0.1) is 11.5 Å². The zero-order valence-electron chi connectivity index (χ0n) is 15.0. The van der Waals surface area contributed by atoms with Crippen LogP contribution in [0.3, 0.4) is 0 Å². The Hall–Kier alpha value is -3.09. The van der Waals surface area contributed by atoms with Crippen LogP contribution in [-0.2, 0) is 4.79 Å². The van der Waals surface area contributed by atoms with Crippen molar-refractivity contribution >= 4 is 17.3 Å². The Balaban J connectivity index is 1.96. The summed E-state index contributed by atoms with van der Waals surface area (Å²) in [4.78, 5) is 22.7. The van der Waals surface area contributed by atoms with E-state index in [1.54, 1.807) is 36.4 Å². The molecule has 0 heterocycles. The molecule has 2 aromatic carbocycles. The van der Waals surface area contributed by atoms with Gasteiger partial charge in [-0.3, -0.25) is 14.9 Å². The number of rotatable bonds is 8. The smallest absolute Gasteiger partial charge is 0.310 e. The second kappa shape index (κ2) is 8.84. The Bertz CT molecular complexity index is 759. The van der Waals surface area contributed by atoms with Gasteiger partial charge in [-0.25, -0.2) is 0 Å². The van der Waals surface area contributed by atoms with E-state index >= 15 is 0 Å². The van der Waals surface area contributed by atoms with Crippen molar-refractivity contribution in [2.45, 2.75) is 26.9 Å². The fourth-order valence-corrected chi connectivity index (χ4v) is 2.09. The maximum absolute atomic E-state index is 12.3. The van der Waals surface area contributed by atoms with Crippen molar-refractivity contribution in [1.29, 1.82) is 0 Å². The van der Waals surface area contributed by atoms with Crippen molar-refractivity contribution in [3.63, 3.8) is 0 Å². The van der Waals surface area contributed by atoms with Gasteiger partial charge in [0.25, 0.3) is 5.91 Å².